The molecule has 0 unspecified atom stereocenters. The summed E-state index contributed by atoms with van der Waals surface area (Å²) in [6.07, 6.45) is 0. The predicted octanol–water partition coefficient (Wildman–Crippen LogP) is 3.59. The Morgan fingerprint density at radius 1 is 1.12 bits per heavy atom. The van der Waals surface area contributed by atoms with Crippen molar-refractivity contribution in [2.75, 3.05) is 18.5 Å². The number of hydrogen-bond acceptors (Lipinski definition) is 4. The van der Waals surface area contributed by atoms with Gasteiger partial charge in [0.2, 0.25) is 0 Å². The van der Waals surface area contributed by atoms with E-state index >= 15 is 0 Å². The van der Waals surface area contributed by atoms with Crippen LogP contribution in [-0.4, -0.2) is 34.6 Å². The highest BCUT2D eigenvalue weighted by atomic mass is 19.1. The van der Waals surface area contributed by atoms with Gasteiger partial charge in [-0.15, -0.1) is 0 Å². The van der Waals surface area contributed by atoms with Gasteiger partial charge in [-0.2, -0.15) is 0 Å². The molecule has 6 heteroatoms. The summed E-state index contributed by atoms with van der Waals surface area (Å²) in [5.74, 6) is -0.699. The van der Waals surface area contributed by atoms with Crippen molar-refractivity contribution in [1.82, 2.24) is 9.97 Å². The molecular weight excluding hydrogens is 309 g/mol. The van der Waals surface area contributed by atoms with Crippen LogP contribution in [0, 0.1) is 5.82 Å². The first-order chi connectivity index (χ1) is 11.5. The fourth-order valence-electron chi connectivity index (χ4n) is 2.40. The maximum Gasteiger partial charge on any atom is 0.335 e. The van der Waals surface area contributed by atoms with E-state index in [1.54, 1.807) is 18.2 Å². The van der Waals surface area contributed by atoms with Gasteiger partial charge in [0.05, 0.1) is 16.6 Å². The summed E-state index contributed by atoms with van der Waals surface area (Å²) < 4.78 is 13.2. The fourth-order valence-corrected chi connectivity index (χ4v) is 2.40. The van der Waals surface area contributed by atoms with Crippen molar-refractivity contribution in [3.8, 4) is 11.3 Å². The van der Waals surface area contributed by atoms with Crippen LogP contribution in [0.3, 0.4) is 0 Å². The molecule has 0 amide bonds. The van der Waals surface area contributed by atoms with E-state index in [4.69, 9.17) is 5.11 Å². The Kier molecular flexibility index (Phi) is 4.12. The molecule has 0 aliphatic rings. The molecule has 1 aromatic heterocycles. The lowest BCUT2D eigenvalue weighted by Gasteiger charge is -2.19. The van der Waals surface area contributed by atoms with Crippen molar-refractivity contribution in [3.63, 3.8) is 0 Å². The predicted molar refractivity (Wildman–Crippen MR) is 90.8 cm³/mol. The molecule has 0 atom stereocenters. The van der Waals surface area contributed by atoms with E-state index in [-0.39, 0.29) is 11.4 Å². The Bertz CT molecular complexity index is 910. The molecule has 3 rings (SSSR count). The van der Waals surface area contributed by atoms with Crippen LogP contribution in [0.5, 0.6) is 0 Å². The zero-order valence-corrected chi connectivity index (χ0v) is 13.3. The Hall–Kier alpha value is -3.02. The molecule has 0 fully saturated rings. The van der Waals surface area contributed by atoms with Gasteiger partial charge in [0.1, 0.15) is 11.5 Å². The van der Waals surface area contributed by atoms with E-state index in [1.807, 2.05) is 18.9 Å². The van der Waals surface area contributed by atoms with Gasteiger partial charge in [0.15, 0.2) is 5.82 Å². The number of aromatic carboxylic acids is 1. The first-order valence-corrected chi connectivity index (χ1v) is 7.51. The zero-order chi connectivity index (χ0) is 17.3. The second-order valence-corrected chi connectivity index (χ2v) is 5.43. The molecule has 1 heterocycles. The van der Waals surface area contributed by atoms with Crippen molar-refractivity contribution in [2.45, 2.75) is 6.92 Å². The minimum absolute atomic E-state index is 0.163. The lowest BCUT2D eigenvalue weighted by atomic mass is 10.1. The highest BCUT2D eigenvalue weighted by Gasteiger charge is 2.15. The van der Waals surface area contributed by atoms with Crippen LogP contribution >= 0.6 is 0 Å². The van der Waals surface area contributed by atoms with Crippen LogP contribution in [-0.2, 0) is 0 Å². The van der Waals surface area contributed by atoms with Gasteiger partial charge in [-0.1, -0.05) is 0 Å². The van der Waals surface area contributed by atoms with Crippen molar-refractivity contribution in [2.24, 2.45) is 0 Å². The average molecular weight is 325 g/mol. The maximum atomic E-state index is 13.2. The van der Waals surface area contributed by atoms with E-state index in [2.05, 4.69) is 9.97 Å². The standard InChI is InChI=1S/C18H16FN3O2/c1-3-22(2)17-16(11-4-7-13(19)8-5-11)20-14-9-6-12(18(23)24)10-15(14)21-17/h4-10H,3H2,1-2H3,(H,23,24). The summed E-state index contributed by atoms with van der Waals surface area (Å²) in [5, 5.41) is 9.13. The summed E-state index contributed by atoms with van der Waals surface area (Å²) >= 11 is 0. The lowest BCUT2D eigenvalue weighted by molar-refractivity contribution is 0.0697. The molecule has 0 saturated carbocycles. The normalized spacial score (nSPS) is 10.8. The molecule has 0 bridgehead atoms. The third-order valence-electron chi connectivity index (χ3n) is 3.85. The molecule has 5 nitrogen and oxygen atoms in total. The number of aromatic nitrogens is 2. The minimum atomic E-state index is -1.01. The number of carboxylic acid groups (broad SMARTS) is 1. The molecule has 1 N–H and O–H groups in total. The monoisotopic (exact) mass is 325 g/mol. The number of halogens is 1. The second-order valence-electron chi connectivity index (χ2n) is 5.43. The van der Waals surface area contributed by atoms with E-state index < -0.39 is 5.97 Å². The van der Waals surface area contributed by atoms with Gasteiger partial charge < -0.3 is 10.0 Å². The van der Waals surface area contributed by atoms with Gasteiger partial charge in [-0.05, 0) is 49.4 Å². The Balaban J connectivity index is 2.24. The maximum absolute atomic E-state index is 13.2. The highest BCUT2D eigenvalue weighted by molar-refractivity contribution is 5.93. The van der Waals surface area contributed by atoms with Crippen LogP contribution in [0.1, 0.15) is 17.3 Å². The number of carbonyl (C=O) groups is 1. The van der Waals surface area contributed by atoms with Crippen LogP contribution in [0.15, 0.2) is 42.5 Å². The Morgan fingerprint density at radius 2 is 1.83 bits per heavy atom. The molecule has 122 valence electrons. The third-order valence-corrected chi connectivity index (χ3v) is 3.85. The van der Waals surface area contributed by atoms with Gasteiger partial charge in [-0.25, -0.2) is 19.2 Å². The molecule has 24 heavy (non-hydrogen) atoms. The summed E-state index contributed by atoms with van der Waals surface area (Å²) in [6.45, 7) is 2.68. The minimum Gasteiger partial charge on any atom is -0.478 e. The number of fused-ring (bicyclic) bond motifs is 1. The number of carboxylic acids is 1. The summed E-state index contributed by atoms with van der Waals surface area (Å²) in [7, 11) is 1.88. The fraction of sp³-hybridized carbons (Fsp3) is 0.167. The smallest absolute Gasteiger partial charge is 0.335 e. The van der Waals surface area contributed by atoms with Crippen LogP contribution in [0.4, 0.5) is 10.2 Å². The van der Waals surface area contributed by atoms with Crippen LogP contribution < -0.4 is 4.90 Å². The molecular formula is C18H16FN3O2. The highest BCUT2D eigenvalue weighted by Crippen LogP contribution is 2.29. The molecule has 0 aliphatic carbocycles. The van der Waals surface area contributed by atoms with Gasteiger partial charge >= 0.3 is 5.97 Å². The number of benzene rings is 2. The second kappa shape index (κ2) is 6.23. The van der Waals surface area contributed by atoms with Gasteiger partial charge in [-0.3, -0.25) is 0 Å². The molecule has 0 radical (unpaired) electrons. The average Bonchev–Trinajstić information content (AvgIpc) is 2.60. The third kappa shape index (κ3) is 2.90. The van der Waals surface area contributed by atoms with Crippen molar-refractivity contribution >= 4 is 22.8 Å². The van der Waals surface area contributed by atoms with Crippen molar-refractivity contribution in [1.29, 1.82) is 0 Å². The lowest BCUT2D eigenvalue weighted by Crippen LogP contribution is -2.19. The number of nitrogens with zero attached hydrogens (tertiary/aromatic N) is 3. The number of anilines is 1. The SMILES string of the molecule is CCN(C)c1nc2cc(C(=O)O)ccc2nc1-c1ccc(F)cc1. The number of rotatable bonds is 4. The summed E-state index contributed by atoms with van der Waals surface area (Å²) in [5.41, 5.74) is 2.65. The molecule has 0 spiro atoms. The summed E-state index contributed by atoms with van der Waals surface area (Å²) in [4.78, 5) is 22.3. The summed E-state index contributed by atoms with van der Waals surface area (Å²) in [6, 6.07) is 10.7. The first-order valence-electron chi connectivity index (χ1n) is 7.51. The van der Waals surface area contributed by atoms with Crippen molar-refractivity contribution < 1.29 is 14.3 Å². The first kappa shape index (κ1) is 15.9. The Morgan fingerprint density at radius 3 is 2.46 bits per heavy atom. The molecule has 0 saturated heterocycles. The molecule has 2 aromatic carbocycles. The van der Waals surface area contributed by atoms with E-state index in [0.717, 1.165) is 5.56 Å². The Labute approximate surface area is 138 Å². The van der Waals surface area contributed by atoms with E-state index in [9.17, 15) is 9.18 Å². The van der Waals surface area contributed by atoms with E-state index in [0.29, 0.717) is 29.1 Å². The topological polar surface area (TPSA) is 66.3 Å². The van der Waals surface area contributed by atoms with Gasteiger partial charge in [0.25, 0.3) is 0 Å². The van der Waals surface area contributed by atoms with E-state index in [1.165, 1.54) is 24.3 Å². The molecule has 0 aliphatic heterocycles. The molecule has 3 aromatic rings. The number of hydrogen-bond donors (Lipinski definition) is 1. The zero-order valence-electron chi connectivity index (χ0n) is 13.3. The quantitative estimate of drug-likeness (QED) is 0.794. The van der Waals surface area contributed by atoms with Gasteiger partial charge in [0, 0.05) is 19.2 Å². The van der Waals surface area contributed by atoms with Crippen LogP contribution in [0.25, 0.3) is 22.3 Å². The largest absolute Gasteiger partial charge is 0.478 e. The van der Waals surface area contributed by atoms with Crippen molar-refractivity contribution in [3.05, 3.63) is 53.8 Å². The van der Waals surface area contributed by atoms with Crippen LogP contribution in [0.2, 0.25) is 0 Å².